The first-order valence-corrected chi connectivity index (χ1v) is 5.47. The highest BCUT2D eigenvalue weighted by Gasteiger charge is 2.01. The molecule has 5 heteroatoms. The van der Waals surface area contributed by atoms with Gasteiger partial charge in [0.1, 0.15) is 0 Å². The molecule has 0 fully saturated rings. The van der Waals surface area contributed by atoms with Crippen molar-refractivity contribution in [2.45, 2.75) is 6.42 Å². The Morgan fingerprint density at radius 1 is 1.33 bits per heavy atom. The number of aromatic nitrogens is 2. The van der Waals surface area contributed by atoms with Gasteiger partial charge in [-0.2, -0.15) is 0 Å². The van der Waals surface area contributed by atoms with Crippen LogP contribution in [-0.2, 0) is 6.42 Å². The largest absolute Gasteiger partial charge is 0.367 e. The molecule has 0 amide bonds. The predicted molar refractivity (Wildman–Crippen MR) is 58.5 cm³/mol. The number of anilines is 1. The number of rotatable bonds is 4. The molecule has 0 aliphatic rings. The Labute approximate surface area is 91.0 Å². The van der Waals surface area contributed by atoms with Gasteiger partial charge < -0.3 is 5.32 Å². The van der Waals surface area contributed by atoms with Gasteiger partial charge in [-0.25, -0.2) is 14.4 Å². The molecule has 0 aliphatic carbocycles. The van der Waals surface area contributed by atoms with E-state index >= 15 is 0 Å². The van der Waals surface area contributed by atoms with E-state index in [1.54, 1.807) is 29.8 Å². The van der Waals surface area contributed by atoms with Gasteiger partial charge >= 0.3 is 0 Å². The Morgan fingerprint density at radius 3 is 3.00 bits per heavy atom. The molecule has 1 N–H and O–H groups in total. The fourth-order valence-corrected chi connectivity index (χ4v) is 1.80. The van der Waals surface area contributed by atoms with Gasteiger partial charge in [0.15, 0.2) is 11.6 Å². The molecule has 0 radical (unpaired) electrons. The van der Waals surface area contributed by atoms with Crippen LogP contribution in [0.2, 0.25) is 0 Å². The molecule has 0 aromatic carbocycles. The van der Waals surface area contributed by atoms with Crippen molar-refractivity contribution >= 4 is 17.2 Å². The summed E-state index contributed by atoms with van der Waals surface area (Å²) >= 11 is 1.60. The molecular formula is C10H10FN3S. The standard InChI is InChI=1S/C10H10FN3S/c11-8-2-1-4-13-10(8)14-5-3-9-12-6-7-15-9/h1-2,4,6-7H,3,5H2,(H,13,14). The smallest absolute Gasteiger partial charge is 0.165 e. The highest BCUT2D eigenvalue weighted by molar-refractivity contribution is 7.09. The Morgan fingerprint density at radius 2 is 2.27 bits per heavy atom. The van der Waals surface area contributed by atoms with Crippen molar-refractivity contribution in [3.05, 3.63) is 40.7 Å². The van der Waals surface area contributed by atoms with Crippen LogP contribution in [0.25, 0.3) is 0 Å². The molecule has 0 aliphatic heterocycles. The van der Waals surface area contributed by atoms with E-state index in [-0.39, 0.29) is 5.82 Å². The number of nitrogens with one attached hydrogen (secondary N) is 1. The van der Waals surface area contributed by atoms with Crippen molar-refractivity contribution in [2.24, 2.45) is 0 Å². The topological polar surface area (TPSA) is 37.8 Å². The molecule has 3 nitrogen and oxygen atoms in total. The average Bonchev–Trinajstić information content (AvgIpc) is 2.74. The zero-order valence-electron chi connectivity index (χ0n) is 7.98. The van der Waals surface area contributed by atoms with Gasteiger partial charge in [0.25, 0.3) is 0 Å². The van der Waals surface area contributed by atoms with E-state index in [0.29, 0.717) is 12.4 Å². The van der Waals surface area contributed by atoms with Gasteiger partial charge in [0.2, 0.25) is 0 Å². The van der Waals surface area contributed by atoms with Gasteiger partial charge in [-0.3, -0.25) is 0 Å². The first-order chi connectivity index (χ1) is 7.36. The molecule has 0 bridgehead atoms. The fourth-order valence-electron chi connectivity index (χ4n) is 1.18. The van der Waals surface area contributed by atoms with E-state index in [9.17, 15) is 4.39 Å². The maximum absolute atomic E-state index is 13.1. The van der Waals surface area contributed by atoms with E-state index < -0.39 is 0 Å². The summed E-state index contributed by atoms with van der Waals surface area (Å²) in [7, 11) is 0. The Kier molecular flexibility index (Phi) is 3.24. The molecular weight excluding hydrogens is 213 g/mol. The van der Waals surface area contributed by atoms with Crippen LogP contribution in [0.15, 0.2) is 29.9 Å². The lowest BCUT2D eigenvalue weighted by Gasteiger charge is -2.04. The molecule has 0 atom stereocenters. The van der Waals surface area contributed by atoms with Crippen LogP contribution in [-0.4, -0.2) is 16.5 Å². The van der Waals surface area contributed by atoms with E-state index in [2.05, 4.69) is 15.3 Å². The highest BCUT2D eigenvalue weighted by atomic mass is 32.1. The SMILES string of the molecule is Fc1cccnc1NCCc1nccs1. The second-order valence-corrected chi connectivity index (χ2v) is 3.92. The molecule has 0 spiro atoms. The van der Waals surface area contributed by atoms with Gasteiger partial charge in [-0.05, 0) is 12.1 Å². The lowest BCUT2D eigenvalue weighted by molar-refractivity contribution is 0.624. The second kappa shape index (κ2) is 4.84. The first-order valence-electron chi connectivity index (χ1n) is 4.59. The number of pyridine rings is 1. The molecule has 2 aromatic heterocycles. The minimum atomic E-state index is -0.323. The van der Waals surface area contributed by atoms with E-state index in [0.717, 1.165) is 11.4 Å². The molecule has 2 heterocycles. The molecule has 0 saturated carbocycles. The number of hydrogen-bond acceptors (Lipinski definition) is 4. The van der Waals surface area contributed by atoms with Gasteiger partial charge in [-0.15, -0.1) is 11.3 Å². The molecule has 2 rings (SSSR count). The maximum atomic E-state index is 13.1. The summed E-state index contributed by atoms with van der Waals surface area (Å²) in [6, 6.07) is 2.96. The fraction of sp³-hybridized carbons (Fsp3) is 0.200. The second-order valence-electron chi connectivity index (χ2n) is 2.94. The van der Waals surface area contributed by atoms with Gasteiger partial charge in [0.05, 0.1) is 5.01 Å². The Balaban J connectivity index is 1.86. The Bertz CT molecular complexity index is 416. The highest BCUT2D eigenvalue weighted by Crippen LogP contribution is 2.09. The summed E-state index contributed by atoms with van der Waals surface area (Å²) in [6.07, 6.45) is 4.11. The van der Waals surface area contributed by atoms with E-state index in [1.807, 2.05) is 5.38 Å². The summed E-state index contributed by atoms with van der Waals surface area (Å²) in [5.74, 6) is -0.0225. The minimum absolute atomic E-state index is 0.300. The zero-order chi connectivity index (χ0) is 10.5. The lowest BCUT2D eigenvalue weighted by Crippen LogP contribution is -2.07. The third-order valence-corrected chi connectivity index (χ3v) is 2.71. The van der Waals surface area contributed by atoms with Crippen molar-refractivity contribution in [3.63, 3.8) is 0 Å². The number of hydrogen-bond donors (Lipinski definition) is 1. The molecule has 78 valence electrons. The summed E-state index contributed by atoms with van der Waals surface area (Å²) in [6.45, 7) is 0.640. The molecule has 0 saturated heterocycles. The van der Waals surface area contributed by atoms with Crippen molar-refractivity contribution in [2.75, 3.05) is 11.9 Å². The monoisotopic (exact) mass is 223 g/mol. The van der Waals surface area contributed by atoms with Crippen LogP contribution in [0.3, 0.4) is 0 Å². The van der Waals surface area contributed by atoms with E-state index in [1.165, 1.54) is 6.07 Å². The van der Waals surface area contributed by atoms with Crippen molar-refractivity contribution in [1.29, 1.82) is 0 Å². The average molecular weight is 223 g/mol. The first kappa shape index (κ1) is 10.0. The third kappa shape index (κ3) is 2.73. The molecule has 2 aromatic rings. The van der Waals surface area contributed by atoms with Gasteiger partial charge in [0, 0.05) is 30.7 Å². The predicted octanol–water partition coefficient (Wildman–Crippen LogP) is 2.33. The van der Waals surface area contributed by atoms with Crippen LogP contribution in [0.1, 0.15) is 5.01 Å². The van der Waals surface area contributed by atoms with Crippen molar-refractivity contribution < 1.29 is 4.39 Å². The molecule has 0 unspecified atom stereocenters. The van der Waals surface area contributed by atoms with Crippen LogP contribution >= 0.6 is 11.3 Å². The number of halogens is 1. The summed E-state index contributed by atoms with van der Waals surface area (Å²) in [4.78, 5) is 8.03. The quantitative estimate of drug-likeness (QED) is 0.864. The lowest BCUT2D eigenvalue weighted by atomic mass is 10.4. The van der Waals surface area contributed by atoms with Crippen LogP contribution < -0.4 is 5.32 Å². The summed E-state index contributed by atoms with van der Waals surface area (Å²) < 4.78 is 13.1. The summed E-state index contributed by atoms with van der Waals surface area (Å²) in [5.41, 5.74) is 0. The number of thiazole rings is 1. The van der Waals surface area contributed by atoms with Crippen LogP contribution in [0, 0.1) is 5.82 Å². The Hall–Kier alpha value is -1.49. The van der Waals surface area contributed by atoms with Crippen molar-refractivity contribution in [3.8, 4) is 0 Å². The normalized spacial score (nSPS) is 10.2. The van der Waals surface area contributed by atoms with E-state index in [4.69, 9.17) is 0 Å². The molecule has 15 heavy (non-hydrogen) atoms. The summed E-state index contributed by atoms with van der Waals surface area (Å²) in [5, 5.41) is 5.90. The number of nitrogens with zero attached hydrogens (tertiary/aromatic N) is 2. The van der Waals surface area contributed by atoms with Crippen LogP contribution in [0.4, 0.5) is 10.2 Å². The minimum Gasteiger partial charge on any atom is -0.367 e. The zero-order valence-corrected chi connectivity index (χ0v) is 8.80. The van der Waals surface area contributed by atoms with Crippen molar-refractivity contribution in [1.82, 2.24) is 9.97 Å². The van der Waals surface area contributed by atoms with Crippen LogP contribution in [0.5, 0.6) is 0 Å². The van der Waals surface area contributed by atoms with Gasteiger partial charge in [-0.1, -0.05) is 0 Å². The third-order valence-electron chi connectivity index (χ3n) is 1.87. The maximum Gasteiger partial charge on any atom is 0.165 e.